The number of rotatable bonds is 7. The number of hydrogen-bond acceptors (Lipinski definition) is 4. The molecule has 3 rings (SSSR count). The van der Waals surface area contributed by atoms with Crippen LogP contribution in [-0.4, -0.2) is 28.1 Å². The Morgan fingerprint density at radius 2 is 1.66 bits per heavy atom. The average molecular weight is 391 g/mol. The van der Waals surface area contributed by atoms with Crippen molar-refractivity contribution in [2.45, 2.75) is 34.1 Å². The maximum Gasteiger partial charge on any atom is 0.262 e. The first-order valence-corrected chi connectivity index (χ1v) is 9.58. The molecule has 0 unspecified atom stereocenters. The highest BCUT2D eigenvalue weighted by Gasteiger charge is 2.15. The predicted octanol–water partition coefficient (Wildman–Crippen LogP) is 4.41. The molecule has 0 fully saturated rings. The molecule has 6 heteroatoms. The molecule has 6 nitrogen and oxygen atoms in total. The lowest BCUT2D eigenvalue weighted by Gasteiger charge is -2.09. The number of ether oxygens (including phenoxy) is 1. The van der Waals surface area contributed by atoms with E-state index < -0.39 is 0 Å². The smallest absolute Gasteiger partial charge is 0.262 e. The molecule has 0 aliphatic heterocycles. The second-order valence-corrected chi connectivity index (χ2v) is 6.93. The van der Waals surface area contributed by atoms with Gasteiger partial charge in [-0.05, 0) is 57.2 Å². The summed E-state index contributed by atoms with van der Waals surface area (Å²) < 4.78 is 7.36. The summed E-state index contributed by atoms with van der Waals surface area (Å²) in [6.07, 6.45) is 0.456. The molecule has 0 saturated heterocycles. The second-order valence-electron chi connectivity index (χ2n) is 6.93. The van der Waals surface area contributed by atoms with Crippen LogP contribution in [0.3, 0.4) is 0 Å². The summed E-state index contributed by atoms with van der Waals surface area (Å²) in [7, 11) is 0. The van der Waals surface area contributed by atoms with Crippen LogP contribution >= 0.6 is 0 Å². The maximum absolute atomic E-state index is 12.4. The largest absolute Gasteiger partial charge is 0.484 e. The zero-order valence-corrected chi connectivity index (χ0v) is 17.2. The number of carbonyl (C=O) groups is 2. The summed E-state index contributed by atoms with van der Waals surface area (Å²) in [6, 6.07) is 14.9. The third-order valence-electron chi connectivity index (χ3n) is 4.70. The monoisotopic (exact) mass is 391 g/mol. The molecule has 0 aliphatic carbocycles. The summed E-state index contributed by atoms with van der Waals surface area (Å²) in [4.78, 5) is 24.0. The van der Waals surface area contributed by atoms with E-state index in [0.29, 0.717) is 23.4 Å². The van der Waals surface area contributed by atoms with Gasteiger partial charge in [-0.1, -0.05) is 24.6 Å². The van der Waals surface area contributed by atoms with Gasteiger partial charge in [0.15, 0.2) is 12.4 Å². The van der Waals surface area contributed by atoms with E-state index in [1.54, 1.807) is 24.3 Å². The molecule has 3 aromatic rings. The highest BCUT2D eigenvalue weighted by atomic mass is 16.5. The molecule has 0 aliphatic rings. The van der Waals surface area contributed by atoms with E-state index in [-0.39, 0.29) is 18.3 Å². The Morgan fingerprint density at radius 1 is 1.00 bits per heavy atom. The summed E-state index contributed by atoms with van der Waals surface area (Å²) in [5.41, 5.74) is 5.02. The van der Waals surface area contributed by atoms with Crippen molar-refractivity contribution < 1.29 is 14.3 Å². The number of hydrogen-bond donors (Lipinski definition) is 1. The Labute approximate surface area is 170 Å². The third-order valence-corrected chi connectivity index (χ3v) is 4.70. The quantitative estimate of drug-likeness (QED) is 0.606. The molecule has 0 saturated carbocycles. The van der Waals surface area contributed by atoms with Crippen molar-refractivity contribution in [3.05, 3.63) is 71.0 Å². The van der Waals surface area contributed by atoms with Gasteiger partial charge >= 0.3 is 0 Å². The molecule has 2 aromatic carbocycles. The van der Waals surface area contributed by atoms with Gasteiger partial charge in [-0.25, -0.2) is 4.68 Å². The number of Topliss-reactive ketones (excluding diaryl/α,β-unsaturated/α-hetero) is 1. The molecule has 29 heavy (non-hydrogen) atoms. The molecule has 1 N–H and O–H groups in total. The molecule has 1 amide bonds. The van der Waals surface area contributed by atoms with Gasteiger partial charge in [0.2, 0.25) is 0 Å². The van der Waals surface area contributed by atoms with Crippen molar-refractivity contribution in [2.75, 3.05) is 11.9 Å². The first-order chi connectivity index (χ1) is 13.9. The van der Waals surface area contributed by atoms with Crippen LogP contribution in [0.5, 0.6) is 5.75 Å². The first-order valence-electron chi connectivity index (χ1n) is 9.58. The van der Waals surface area contributed by atoms with Gasteiger partial charge in [0.05, 0.1) is 22.8 Å². The third kappa shape index (κ3) is 4.71. The fraction of sp³-hybridized carbons (Fsp3) is 0.261. The van der Waals surface area contributed by atoms with Gasteiger partial charge in [0, 0.05) is 12.0 Å². The lowest BCUT2D eigenvalue weighted by molar-refractivity contribution is -0.118. The van der Waals surface area contributed by atoms with Crippen molar-refractivity contribution >= 4 is 17.4 Å². The van der Waals surface area contributed by atoms with Gasteiger partial charge in [-0.2, -0.15) is 5.10 Å². The zero-order chi connectivity index (χ0) is 21.0. The number of benzene rings is 2. The van der Waals surface area contributed by atoms with Crippen LogP contribution in [0.15, 0.2) is 48.5 Å². The van der Waals surface area contributed by atoms with Gasteiger partial charge in [-0.15, -0.1) is 0 Å². The maximum atomic E-state index is 12.4. The topological polar surface area (TPSA) is 73.2 Å². The van der Waals surface area contributed by atoms with Crippen molar-refractivity contribution in [3.63, 3.8) is 0 Å². The lowest BCUT2D eigenvalue weighted by atomic mass is 10.1. The van der Waals surface area contributed by atoms with Gasteiger partial charge in [-0.3, -0.25) is 9.59 Å². The van der Waals surface area contributed by atoms with Crippen LogP contribution in [0, 0.1) is 20.8 Å². The number of nitrogens with one attached hydrogen (secondary N) is 1. The minimum absolute atomic E-state index is 0.0748. The number of aryl methyl sites for hydroxylation is 2. The fourth-order valence-electron chi connectivity index (χ4n) is 3.03. The SMILES string of the molecule is CCC(=O)c1ccc(OCC(=O)Nc2c(C)nn(-c3ccc(C)cc3)c2C)cc1. The molecule has 0 bridgehead atoms. The van der Waals surface area contributed by atoms with E-state index in [2.05, 4.69) is 10.4 Å². The van der Waals surface area contributed by atoms with Crippen LogP contribution in [-0.2, 0) is 4.79 Å². The van der Waals surface area contributed by atoms with E-state index in [1.165, 1.54) is 5.56 Å². The van der Waals surface area contributed by atoms with Crippen LogP contribution in [0.1, 0.15) is 40.7 Å². The lowest BCUT2D eigenvalue weighted by Crippen LogP contribution is -2.21. The molecule has 1 heterocycles. The normalized spacial score (nSPS) is 10.6. The van der Waals surface area contributed by atoms with Gasteiger partial charge < -0.3 is 10.1 Å². The minimum Gasteiger partial charge on any atom is -0.484 e. The Morgan fingerprint density at radius 3 is 2.28 bits per heavy atom. The molecule has 0 spiro atoms. The highest BCUT2D eigenvalue weighted by Crippen LogP contribution is 2.23. The van der Waals surface area contributed by atoms with Gasteiger partial charge in [0.1, 0.15) is 5.75 Å². The summed E-state index contributed by atoms with van der Waals surface area (Å²) in [6.45, 7) is 7.50. The summed E-state index contributed by atoms with van der Waals surface area (Å²) in [5, 5.41) is 7.43. The highest BCUT2D eigenvalue weighted by molar-refractivity contribution is 5.96. The molecule has 1 aromatic heterocycles. The number of aromatic nitrogens is 2. The second kappa shape index (κ2) is 8.73. The molecule has 0 radical (unpaired) electrons. The Kier molecular flexibility index (Phi) is 6.12. The Bertz CT molecular complexity index is 1020. The predicted molar refractivity (Wildman–Crippen MR) is 113 cm³/mol. The number of ketones is 1. The van der Waals surface area contributed by atoms with Crippen molar-refractivity contribution in [3.8, 4) is 11.4 Å². The van der Waals surface area contributed by atoms with E-state index >= 15 is 0 Å². The van der Waals surface area contributed by atoms with E-state index in [0.717, 1.165) is 17.1 Å². The van der Waals surface area contributed by atoms with Crippen molar-refractivity contribution in [2.24, 2.45) is 0 Å². The number of carbonyl (C=O) groups excluding carboxylic acids is 2. The zero-order valence-electron chi connectivity index (χ0n) is 17.2. The number of anilines is 1. The number of nitrogens with zero attached hydrogens (tertiary/aromatic N) is 2. The summed E-state index contributed by atoms with van der Waals surface area (Å²) in [5.74, 6) is 0.343. The van der Waals surface area contributed by atoms with Crippen LogP contribution in [0.4, 0.5) is 5.69 Å². The first kappa shape index (κ1) is 20.3. The van der Waals surface area contributed by atoms with E-state index in [4.69, 9.17) is 4.74 Å². The average Bonchev–Trinajstić information content (AvgIpc) is 3.01. The van der Waals surface area contributed by atoms with Crippen LogP contribution < -0.4 is 10.1 Å². The fourth-order valence-corrected chi connectivity index (χ4v) is 3.03. The van der Waals surface area contributed by atoms with E-state index in [9.17, 15) is 9.59 Å². The summed E-state index contributed by atoms with van der Waals surface area (Å²) >= 11 is 0. The minimum atomic E-state index is -0.270. The number of amides is 1. The molecular weight excluding hydrogens is 366 g/mol. The Balaban J connectivity index is 1.65. The standard InChI is InChI=1S/C23H25N3O3/c1-5-21(27)18-8-12-20(13-9-18)29-14-22(28)24-23-16(3)25-26(17(23)4)19-10-6-15(2)7-11-19/h6-13H,5,14H2,1-4H3,(H,24,28). The van der Waals surface area contributed by atoms with Crippen LogP contribution in [0.25, 0.3) is 5.69 Å². The van der Waals surface area contributed by atoms with Crippen molar-refractivity contribution in [1.29, 1.82) is 0 Å². The van der Waals surface area contributed by atoms with E-state index in [1.807, 2.05) is 56.6 Å². The van der Waals surface area contributed by atoms with Gasteiger partial charge in [0.25, 0.3) is 5.91 Å². The molecule has 150 valence electrons. The molecular formula is C23H25N3O3. The Hall–Kier alpha value is -3.41. The van der Waals surface area contributed by atoms with Crippen LogP contribution in [0.2, 0.25) is 0 Å². The molecule has 0 atom stereocenters. The van der Waals surface area contributed by atoms with Crippen molar-refractivity contribution in [1.82, 2.24) is 9.78 Å².